The Balaban J connectivity index is 2.06. The number of hydrogen-bond donors (Lipinski definition) is 1. The van der Waals surface area contributed by atoms with Gasteiger partial charge >= 0.3 is 5.97 Å². The van der Waals surface area contributed by atoms with Gasteiger partial charge in [-0.1, -0.05) is 18.2 Å². The summed E-state index contributed by atoms with van der Waals surface area (Å²) in [5, 5.41) is 3.49. The molecule has 1 aliphatic rings. The van der Waals surface area contributed by atoms with E-state index >= 15 is 0 Å². The normalized spacial score (nSPS) is 18.7. The number of benzene rings is 1. The van der Waals surface area contributed by atoms with Gasteiger partial charge in [0.1, 0.15) is 5.75 Å². The number of para-hydroxylation sites is 1. The summed E-state index contributed by atoms with van der Waals surface area (Å²) >= 11 is 0. The molecule has 0 amide bonds. The molecule has 0 aliphatic carbocycles. The first kappa shape index (κ1) is 22.0. The first-order valence-electron chi connectivity index (χ1n) is 9.93. The summed E-state index contributed by atoms with van der Waals surface area (Å²) < 4.78 is 10.8. The van der Waals surface area contributed by atoms with E-state index in [9.17, 15) is 4.79 Å². The summed E-state index contributed by atoms with van der Waals surface area (Å²) in [7, 11) is 7.59. The third-order valence-electron chi connectivity index (χ3n) is 5.13. The highest BCUT2D eigenvalue weighted by Crippen LogP contribution is 2.27. The van der Waals surface area contributed by atoms with Crippen molar-refractivity contribution in [3.05, 3.63) is 29.8 Å². The Bertz CT molecular complexity index is 663. The summed E-state index contributed by atoms with van der Waals surface area (Å²) in [5.41, 5.74) is 1.13. The zero-order valence-electron chi connectivity index (χ0n) is 17.8. The van der Waals surface area contributed by atoms with Crippen molar-refractivity contribution < 1.29 is 14.3 Å². The van der Waals surface area contributed by atoms with Crippen molar-refractivity contribution in [1.29, 1.82) is 0 Å². The number of likely N-dealkylation sites (tertiary alicyclic amines) is 1. The number of aliphatic imine (C=N–C) groups is 1. The molecule has 1 heterocycles. The maximum Gasteiger partial charge on any atom is 0.310 e. The predicted molar refractivity (Wildman–Crippen MR) is 112 cm³/mol. The molecule has 2 unspecified atom stereocenters. The van der Waals surface area contributed by atoms with Gasteiger partial charge in [0.15, 0.2) is 5.96 Å². The number of esters is 1. The number of methoxy groups -OCH3 is 1. The van der Waals surface area contributed by atoms with Gasteiger partial charge in [-0.15, -0.1) is 0 Å². The number of carbonyl (C=O) groups excluding carboxylic acids is 1. The van der Waals surface area contributed by atoms with Crippen LogP contribution in [0.5, 0.6) is 5.75 Å². The molecule has 0 saturated carbocycles. The average Bonchev–Trinajstić information content (AvgIpc) is 2.71. The molecule has 28 heavy (non-hydrogen) atoms. The minimum atomic E-state index is -0.108. The van der Waals surface area contributed by atoms with E-state index in [1.54, 1.807) is 14.2 Å². The molecule has 0 bridgehead atoms. The minimum absolute atomic E-state index is 0.0916. The van der Waals surface area contributed by atoms with Crippen LogP contribution < -0.4 is 10.1 Å². The SMILES string of the molecule is CCOC(=O)C1CCCN(C(=NC)NCC(c2ccccc2OC)N(C)C)C1. The van der Waals surface area contributed by atoms with Gasteiger partial charge < -0.3 is 24.6 Å². The second kappa shape index (κ2) is 10.9. The molecule has 2 atom stereocenters. The number of guanidine groups is 1. The molecule has 2 rings (SSSR count). The van der Waals surface area contributed by atoms with Gasteiger partial charge in [-0.25, -0.2) is 0 Å². The van der Waals surface area contributed by atoms with Crippen molar-refractivity contribution in [2.24, 2.45) is 10.9 Å². The number of carbonyl (C=O) groups is 1. The van der Waals surface area contributed by atoms with Crippen LogP contribution in [-0.2, 0) is 9.53 Å². The Morgan fingerprint density at radius 3 is 2.79 bits per heavy atom. The van der Waals surface area contributed by atoms with Gasteiger partial charge in [0.2, 0.25) is 0 Å². The molecule has 1 N–H and O–H groups in total. The van der Waals surface area contributed by atoms with Crippen molar-refractivity contribution >= 4 is 11.9 Å². The molecule has 1 aromatic carbocycles. The van der Waals surface area contributed by atoms with E-state index < -0.39 is 0 Å². The van der Waals surface area contributed by atoms with Crippen LogP contribution >= 0.6 is 0 Å². The smallest absolute Gasteiger partial charge is 0.310 e. The molecule has 1 fully saturated rings. The number of likely N-dealkylation sites (N-methyl/N-ethyl adjacent to an activating group) is 1. The number of rotatable bonds is 7. The lowest BCUT2D eigenvalue weighted by Crippen LogP contribution is -2.49. The van der Waals surface area contributed by atoms with Crippen LogP contribution in [0.15, 0.2) is 29.3 Å². The third kappa shape index (κ3) is 5.61. The maximum atomic E-state index is 12.1. The number of ether oxygens (including phenoxy) is 2. The zero-order valence-corrected chi connectivity index (χ0v) is 17.8. The Hall–Kier alpha value is -2.28. The molecular formula is C21H34N4O3. The lowest BCUT2D eigenvalue weighted by atomic mass is 9.98. The van der Waals surface area contributed by atoms with Crippen LogP contribution in [0.3, 0.4) is 0 Å². The van der Waals surface area contributed by atoms with E-state index in [0.717, 1.165) is 36.7 Å². The minimum Gasteiger partial charge on any atom is -0.496 e. The van der Waals surface area contributed by atoms with Crippen LogP contribution in [-0.4, -0.2) is 76.2 Å². The van der Waals surface area contributed by atoms with Crippen molar-refractivity contribution in [1.82, 2.24) is 15.1 Å². The van der Waals surface area contributed by atoms with Crippen LogP contribution in [0.25, 0.3) is 0 Å². The molecule has 1 saturated heterocycles. The Morgan fingerprint density at radius 2 is 2.14 bits per heavy atom. The topological polar surface area (TPSA) is 66.4 Å². The summed E-state index contributed by atoms with van der Waals surface area (Å²) in [4.78, 5) is 20.9. The number of nitrogens with one attached hydrogen (secondary N) is 1. The highest BCUT2D eigenvalue weighted by Gasteiger charge is 2.29. The van der Waals surface area contributed by atoms with Gasteiger partial charge in [0.05, 0.1) is 25.7 Å². The molecule has 7 heteroatoms. The fourth-order valence-electron chi connectivity index (χ4n) is 3.65. The second-order valence-corrected chi connectivity index (χ2v) is 7.19. The fraction of sp³-hybridized carbons (Fsp3) is 0.619. The van der Waals surface area contributed by atoms with Crippen LogP contribution in [0.4, 0.5) is 0 Å². The highest BCUT2D eigenvalue weighted by atomic mass is 16.5. The van der Waals surface area contributed by atoms with Gasteiger partial charge in [-0.05, 0) is 39.9 Å². The quantitative estimate of drug-likeness (QED) is 0.437. The first-order valence-corrected chi connectivity index (χ1v) is 9.93. The fourth-order valence-corrected chi connectivity index (χ4v) is 3.65. The Morgan fingerprint density at radius 1 is 1.39 bits per heavy atom. The van der Waals surface area contributed by atoms with E-state index in [2.05, 4.69) is 40.3 Å². The van der Waals surface area contributed by atoms with Crippen molar-refractivity contribution in [2.45, 2.75) is 25.8 Å². The van der Waals surface area contributed by atoms with E-state index in [4.69, 9.17) is 9.47 Å². The van der Waals surface area contributed by atoms with Gasteiger partial charge in [-0.3, -0.25) is 9.79 Å². The number of hydrogen-bond acceptors (Lipinski definition) is 5. The molecule has 156 valence electrons. The number of piperidine rings is 1. The van der Waals surface area contributed by atoms with E-state index in [0.29, 0.717) is 19.7 Å². The maximum absolute atomic E-state index is 12.1. The lowest BCUT2D eigenvalue weighted by molar-refractivity contribution is -0.149. The van der Waals surface area contributed by atoms with Crippen molar-refractivity contribution in [2.75, 3.05) is 54.5 Å². The molecule has 0 aromatic heterocycles. The molecular weight excluding hydrogens is 356 g/mol. The molecule has 1 aliphatic heterocycles. The van der Waals surface area contributed by atoms with Gasteiger partial charge in [0, 0.05) is 32.2 Å². The van der Waals surface area contributed by atoms with Crippen LogP contribution in [0.2, 0.25) is 0 Å². The van der Waals surface area contributed by atoms with Crippen molar-refractivity contribution in [3.63, 3.8) is 0 Å². The monoisotopic (exact) mass is 390 g/mol. The van der Waals surface area contributed by atoms with Crippen LogP contribution in [0.1, 0.15) is 31.4 Å². The largest absolute Gasteiger partial charge is 0.496 e. The molecule has 1 aromatic rings. The predicted octanol–water partition coefficient (Wildman–Crippen LogP) is 2.15. The Kier molecular flexibility index (Phi) is 8.57. The highest BCUT2D eigenvalue weighted by molar-refractivity contribution is 5.81. The number of nitrogens with zero attached hydrogens (tertiary/aromatic N) is 3. The van der Waals surface area contributed by atoms with Crippen LogP contribution in [0, 0.1) is 5.92 Å². The standard InChI is InChI=1S/C21H34N4O3/c1-6-28-20(26)16-10-9-13-25(15-16)21(22-2)23-14-18(24(3)4)17-11-7-8-12-19(17)27-5/h7-8,11-12,16,18H,6,9-10,13-15H2,1-5H3,(H,22,23). The average molecular weight is 391 g/mol. The third-order valence-corrected chi connectivity index (χ3v) is 5.13. The van der Waals surface area contributed by atoms with E-state index in [1.807, 2.05) is 25.1 Å². The summed E-state index contributed by atoms with van der Waals surface area (Å²) in [6.07, 6.45) is 1.82. The Labute approximate surface area is 168 Å². The zero-order chi connectivity index (χ0) is 20.5. The van der Waals surface area contributed by atoms with E-state index in [1.165, 1.54) is 0 Å². The summed E-state index contributed by atoms with van der Waals surface area (Å²) in [6, 6.07) is 8.20. The van der Waals surface area contributed by atoms with Crippen molar-refractivity contribution in [3.8, 4) is 5.75 Å². The summed E-state index contributed by atoms with van der Waals surface area (Å²) in [6.45, 7) is 4.47. The molecule has 0 spiro atoms. The van der Waals surface area contributed by atoms with Gasteiger partial charge in [-0.2, -0.15) is 0 Å². The molecule has 7 nitrogen and oxygen atoms in total. The second-order valence-electron chi connectivity index (χ2n) is 7.19. The van der Waals surface area contributed by atoms with Gasteiger partial charge in [0.25, 0.3) is 0 Å². The lowest BCUT2D eigenvalue weighted by Gasteiger charge is -2.35. The van der Waals surface area contributed by atoms with E-state index in [-0.39, 0.29) is 17.9 Å². The molecule has 0 radical (unpaired) electrons. The first-order chi connectivity index (χ1) is 13.5. The summed E-state index contributed by atoms with van der Waals surface area (Å²) in [5.74, 6) is 1.49.